The van der Waals surface area contributed by atoms with Crippen LogP contribution in [0.1, 0.15) is 49.9 Å². The van der Waals surface area contributed by atoms with Gasteiger partial charge in [-0.15, -0.1) is 11.6 Å². The Balaban J connectivity index is 2.63. The number of carbonyl (C=O) groups excluding carboxylic acids is 1. The zero-order chi connectivity index (χ0) is 14.8. The van der Waals surface area contributed by atoms with E-state index in [9.17, 15) is 4.79 Å². The Hall–Kier alpha value is -1.61. The van der Waals surface area contributed by atoms with Gasteiger partial charge in [-0.1, -0.05) is 37.6 Å². The lowest BCUT2D eigenvalue weighted by molar-refractivity contribution is -0.136. The number of unbranched alkanes of at least 4 members (excludes halogenated alkanes) is 1. The lowest BCUT2D eigenvalue weighted by Crippen LogP contribution is -2.36. The Labute approximate surface area is 122 Å². The van der Waals surface area contributed by atoms with Crippen molar-refractivity contribution in [2.24, 2.45) is 0 Å². The lowest BCUT2D eigenvalue weighted by atomic mass is 10.1. The van der Waals surface area contributed by atoms with E-state index in [1.807, 2.05) is 29.3 Å². The van der Waals surface area contributed by atoms with Gasteiger partial charge in [0.15, 0.2) is 0 Å². The Morgan fingerprint density at radius 1 is 1.40 bits per heavy atom. The average Bonchev–Trinajstić information content (AvgIpc) is 2.49. The monoisotopic (exact) mass is 275 g/mol. The second-order valence-corrected chi connectivity index (χ2v) is 4.95. The summed E-state index contributed by atoms with van der Waals surface area (Å²) >= 11 is 0. The maximum absolute atomic E-state index is 12.1. The fraction of sp³-hybridized carbons (Fsp3) is 0.471. The predicted molar refractivity (Wildman–Crippen MR) is 82.4 cm³/mol. The molecule has 110 valence electrons. The Kier molecular flexibility index (Phi) is 7.66. The van der Waals surface area contributed by atoms with E-state index in [1.165, 1.54) is 0 Å². The molecule has 0 amide bonds. The van der Waals surface area contributed by atoms with Crippen LogP contribution in [-0.4, -0.2) is 23.6 Å². The van der Waals surface area contributed by atoms with Crippen molar-refractivity contribution in [3.63, 3.8) is 0 Å². The molecule has 0 radical (unpaired) electrons. The number of benzene rings is 1. The first-order valence-corrected chi connectivity index (χ1v) is 7.34. The molecule has 0 N–H and O–H groups in total. The van der Waals surface area contributed by atoms with Crippen LogP contribution in [0.5, 0.6) is 0 Å². The maximum Gasteiger partial charge on any atom is 0.357 e. The van der Waals surface area contributed by atoms with Crippen molar-refractivity contribution < 1.29 is 9.63 Å². The molecule has 1 aromatic carbocycles. The van der Waals surface area contributed by atoms with Gasteiger partial charge in [0.25, 0.3) is 0 Å². The zero-order valence-corrected chi connectivity index (χ0v) is 12.5. The smallest absolute Gasteiger partial charge is 0.357 e. The molecule has 0 heterocycles. The van der Waals surface area contributed by atoms with Crippen LogP contribution in [0.2, 0.25) is 0 Å². The van der Waals surface area contributed by atoms with Crippen LogP contribution >= 0.6 is 0 Å². The summed E-state index contributed by atoms with van der Waals surface area (Å²) in [7, 11) is 0. The van der Waals surface area contributed by atoms with Crippen LogP contribution in [0.4, 0.5) is 0 Å². The Morgan fingerprint density at radius 3 is 2.70 bits per heavy atom. The predicted octanol–water partition coefficient (Wildman–Crippen LogP) is 4.22. The van der Waals surface area contributed by atoms with E-state index < -0.39 is 0 Å². The van der Waals surface area contributed by atoms with Crippen molar-refractivity contribution in [3.05, 3.63) is 48.6 Å². The molecule has 20 heavy (non-hydrogen) atoms. The number of carbonyl (C=O) groups is 1. The quantitative estimate of drug-likeness (QED) is 0.499. The van der Waals surface area contributed by atoms with Gasteiger partial charge in [0.1, 0.15) is 0 Å². The van der Waals surface area contributed by atoms with Gasteiger partial charge in [-0.05, 0) is 38.3 Å². The minimum Gasteiger partial charge on any atom is -0.364 e. The molecule has 0 fully saturated rings. The zero-order valence-electron chi connectivity index (χ0n) is 12.5. The van der Waals surface area contributed by atoms with E-state index in [0.29, 0.717) is 5.56 Å². The van der Waals surface area contributed by atoms with E-state index in [1.54, 1.807) is 12.1 Å². The van der Waals surface area contributed by atoms with Gasteiger partial charge in [0.2, 0.25) is 0 Å². The highest BCUT2D eigenvalue weighted by molar-refractivity contribution is 5.89. The third kappa shape index (κ3) is 5.57. The largest absolute Gasteiger partial charge is 0.364 e. The molecule has 0 spiro atoms. The molecule has 0 aliphatic carbocycles. The number of rotatable bonds is 9. The van der Waals surface area contributed by atoms with Gasteiger partial charge in [-0.25, -0.2) is 4.79 Å². The highest BCUT2D eigenvalue weighted by Gasteiger charge is 2.18. The van der Waals surface area contributed by atoms with Crippen molar-refractivity contribution in [1.29, 1.82) is 0 Å². The van der Waals surface area contributed by atoms with Gasteiger partial charge < -0.3 is 4.84 Å². The summed E-state index contributed by atoms with van der Waals surface area (Å²) in [5.41, 5.74) is 0.588. The molecule has 0 saturated heterocycles. The van der Waals surface area contributed by atoms with Crippen LogP contribution in [0, 0.1) is 0 Å². The summed E-state index contributed by atoms with van der Waals surface area (Å²) in [4.78, 5) is 17.7. The summed E-state index contributed by atoms with van der Waals surface area (Å²) in [5.74, 6) is -0.285. The summed E-state index contributed by atoms with van der Waals surface area (Å²) in [5, 5.41) is 1.81. The normalized spacial score (nSPS) is 12.2. The molecule has 3 nitrogen and oxygen atoms in total. The first kappa shape index (κ1) is 16.4. The van der Waals surface area contributed by atoms with Crippen molar-refractivity contribution in [2.45, 2.75) is 45.6 Å². The van der Waals surface area contributed by atoms with Crippen LogP contribution in [0.3, 0.4) is 0 Å². The van der Waals surface area contributed by atoms with Crippen molar-refractivity contribution in [3.8, 4) is 0 Å². The van der Waals surface area contributed by atoms with Crippen LogP contribution < -0.4 is 0 Å². The molecule has 1 unspecified atom stereocenters. The lowest BCUT2D eigenvalue weighted by Gasteiger charge is -2.27. The Bertz CT molecular complexity index is 403. The maximum atomic E-state index is 12.1. The van der Waals surface area contributed by atoms with Crippen LogP contribution in [0.25, 0.3) is 0 Å². The molecule has 0 aromatic heterocycles. The molecule has 1 aromatic rings. The SMILES string of the molecule is C=CCCC(C)N(CCCC)OC(=O)c1ccccc1. The van der Waals surface area contributed by atoms with E-state index in [0.717, 1.165) is 32.2 Å². The fourth-order valence-electron chi connectivity index (χ4n) is 1.91. The molecule has 3 heteroatoms. The molecule has 1 atom stereocenters. The molecular weight excluding hydrogens is 250 g/mol. The first-order valence-electron chi connectivity index (χ1n) is 7.34. The first-order chi connectivity index (χ1) is 9.69. The van der Waals surface area contributed by atoms with Crippen LogP contribution in [-0.2, 0) is 4.84 Å². The fourth-order valence-corrected chi connectivity index (χ4v) is 1.91. The number of hydroxylamine groups is 2. The van der Waals surface area contributed by atoms with Crippen molar-refractivity contribution >= 4 is 5.97 Å². The summed E-state index contributed by atoms with van der Waals surface area (Å²) in [6.45, 7) is 8.72. The highest BCUT2D eigenvalue weighted by Crippen LogP contribution is 2.12. The second kappa shape index (κ2) is 9.32. The molecular formula is C17H25NO2. The van der Waals surface area contributed by atoms with Gasteiger partial charge in [0, 0.05) is 12.6 Å². The second-order valence-electron chi connectivity index (χ2n) is 4.95. The van der Waals surface area contributed by atoms with Gasteiger partial charge in [-0.2, -0.15) is 0 Å². The minimum atomic E-state index is -0.285. The van der Waals surface area contributed by atoms with Crippen LogP contribution in [0.15, 0.2) is 43.0 Å². The van der Waals surface area contributed by atoms with Gasteiger partial charge in [0.05, 0.1) is 5.56 Å². The standard InChI is InChI=1S/C17H25NO2/c1-4-6-11-15(3)18(14-7-5-2)20-17(19)16-12-9-8-10-13-16/h4,8-10,12-13,15H,1,5-7,11,14H2,2-3H3. The summed E-state index contributed by atoms with van der Waals surface area (Å²) in [6, 6.07) is 9.32. The number of hydrogen-bond donors (Lipinski definition) is 0. The molecule has 1 rings (SSSR count). The Morgan fingerprint density at radius 2 is 2.10 bits per heavy atom. The number of allylic oxidation sites excluding steroid dienone is 1. The molecule has 0 aliphatic heterocycles. The van der Waals surface area contributed by atoms with Gasteiger partial charge in [-0.3, -0.25) is 0 Å². The summed E-state index contributed by atoms with van der Waals surface area (Å²) in [6.07, 6.45) is 5.85. The van der Waals surface area contributed by atoms with E-state index >= 15 is 0 Å². The molecule has 0 aliphatic rings. The third-order valence-electron chi connectivity index (χ3n) is 3.22. The topological polar surface area (TPSA) is 29.5 Å². The molecule has 0 saturated carbocycles. The van der Waals surface area contributed by atoms with Gasteiger partial charge >= 0.3 is 5.97 Å². The minimum absolute atomic E-state index is 0.201. The van der Waals surface area contributed by atoms with E-state index in [-0.39, 0.29) is 12.0 Å². The number of nitrogens with zero attached hydrogens (tertiary/aromatic N) is 1. The molecule has 0 bridgehead atoms. The number of hydrogen-bond acceptors (Lipinski definition) is 3. The average molecular weight is 275 g/mol. The van der Waals surface area contributed by atoms with Crippen molar-refractivity contribution in [2.75, 3.05) is 6.54 Å². The van der Waals surface area contributed by atoms with E-state index in [2.05, 4.69) is 20.4 Å². The van der Waals surface area contributed by atoms with E-state index in [4.69, 9.17) is 4.84 Å². The third-order valence-corrected chi connectivity index (χ3v) is 3.22. The van der Waals surface area contributed by atoms with Crippen molar-refractivity contribution in [1.82, 2.24) is 5.06 Å². The highest BCUT2D eigenvalue weighted by atomic mass is 16.7. The summed E-state index contributed by atoms with van der Waals surface area (Å²) < 4.78 is 0.